The van der Waals surface area contributed by atoms with Crippen molar-refractivity contribution in [3.63, 3.8) is 0 Å². The molecule has 0 aromatic heterocycles. The van der Waals surface area contributed by atoms with Crippen LogP contribution in [0.15, 0.2) is 27.1 Å². The van der Waals surface area contributed by atoms with Crippen LogP contribution in [0.25, 0.3) is 0 Å². The van der Waals surface area contributed by atoms with Crippen molar-refractivity contribution in [1.82, 2.24) is 16.2 Å². The summed E-state index contributed by atoms with van der Waals surface area (Å²) in [7, 11) is 0. The minimum Gasteiger partial charge on any atom is -0.483 e. The smallest absolute Gasteiger partial charge is 0.276 e. The van der Waals surface area contributed by atoms with E-state index in [-0.39, 0.29) is 23.5 Å². The van der Waals surface area contributed by atoms with E-state index in [0.29, 0.717) is 12.2 Å². The molecule has 6 nitrogen and oxygen atoms in total. The first-order valence-corrected chi connectivity index (χ1v) is 8.74. The van der Waals surface area contributed by atoms with Crippen molar-refractivity contribution in [2.75, 3.05) is 6.61 Å². The van der Waals surface area contributed by atoms with Crippen LogP contribution in [0.4, 0.5) is 0 Å². The van der Waals surface area contributed by atoms with E-state index in [1.54, 1.807) is 12.1 Å². The molecule has 0 aliphatic carbocycles. The van der Waals surface area contributed by atoms with Crippen LogP contribution in [0, 0.1) is 5.92 Å². The highest BCUT2D eigenvalue weighted by atomic mass is 79.9. The van der Waals surface area contributed by atoms with E-state index in [9.17, 15) is 9.59 Å². The van der Waals surface area contributed by atoms with E-state index in [1.165, 1.54) is 0 Å². The molecule has 1 aromatic rings. The van der Waals surface area contributed by atoms with Gasteiger partial charge in [-0.15, -0.1) is 0 Å². The molecule has 1 aromatic carbocycles. The molecule has 2 amide bonds. The molecular weight excluding hydrogens is 450 g/mol. The first kappa shape index (κ1) is 19.9. The first-order valence-electron chi connectivity index (χ1n) is 6.74. The second kappa shape index (κ2) is 9.84. The molecule has 126 valence electrons. The molecule has 0 saturated carbocycles. The van der Waals surface area contributed by atoms with Gasteiger partial charge >= 0.3 is 0 Å². The lowest BCUT2D eigenvalue weighted by molar-refractivity contribution is -0.124. The molecule has 0 spiro atoms. The second-order valence-corrected chi connectivity index (χ2v) is 7.19. The standard InChI is InChI=1S/C14H17Br2N3O3S/c1-8(2)5-12(20)17-14(23)19-18-13(21)7-22-11-4-3-9(15)6-10(11)16/h3-4,6,8H,5,7H2,1-2H3,(H,18,21)(H2,17,19,20,23). The molecule has 0 heterocycles. The van der Waals surface area contributed by atoms with E-state index in [4.69, 9.17) is 17.0 Å². The van der Waals surface area contributed by atoms with Crippen LogP contribution in [-0.4, -0.2) is 23.5 Å². The topological polar surface area (TPSA) is 79.5 Å². The van der Waals surface area contributed by atoms with E-state index in [2.05, 4.69) is 48.0 Å². The van der Waals surface area contributed by atoms with Gasteiger partial charge in [-0.1, -0.05) is 29.8 Å². The zero-order valence-electron chi connectivity index (χ0n) is 12.6. The average Bonchev–Trinajstić information content (AvgIpc) is 2.43. The highest BCUT2D eigenvalue weighted by Crippen LogP contribution is 2.27. The van der Waals surface area contributed by atoms with Gasteiger partial charge in [-0.3, -0.25) is 20.4 Å². The maximum atomic E-state index is 11.7. The Morgan fingerprint density at radius 3 is 2.52 bits per heavy atom. The van der Waals surface area contributed by atoms with Crippen LogP contribution in [-0.2, 0) is 9.59 Å². The predicted molar refractivity (Wildman–Crippen MR) is 98.8 cm³/mol. The summed E-state index contributed by atoms with van der Waals surface area (Å²) >= 11 is 11.6. The third-order valence-electron chi connectivity index (χ3n) is 2.41. The number of amides is 2. The summed E-state index contributed by atoms with van der Waals surface area (Å²) in [6, 6.07) is 5.34. The van der Waals surface area contributed by atoms with Gasteiger partial charge in [-0.25, -0.2) is 0 Å². The number of halogens is 2. The summed E-state index contributed by atoms with van der Waals surface area (Å²) < 4.78 is 6.99. The van der Waals surface area contributed by atoms with Crippen LogP contribution in [0.5, 0.6) is 5.75 Å². The molecule has 1 rings (SSSR count). The monoisotopic (exact) mass is 465 g/mol. The number of hydrazine groups is 1. The number of thiocarbonyl (C=S) groups is 1. The molecule has 0 bridgehead atoms. The van der Waals surface area contributed by atoms with Gasteiger partial charge in [0.1, 0.15) is 5.75 Å². The van der Waals surface area contributed by atoms with E-state index in [0.717, 1.165) is 8.95 Å². The number of carbonyl (C=O) groups is 2. The number of nitrogens with one attached hydrogen (secondary N) is 3. The van der Waals surface area contributed by atoms with Gasteiger partial charge in [0.15, 0.2) is 11.7 Å². The van der Waals surface area contributed by atoms with Gasteiger partial charge in [0, 0.05) is 10.9 Å². The molecule has 23 heavy (non-hydrogen) atoms. The SMILES string of the molecule is CC(C)CC(=O)NC(=S)NNC(=O)COc1ccc(Br)cc1Br. The molecule has 0 aliphatic rings. The minimum atomic E-state index is -0.430. The van der Waals surface area contributed by atoms with Crippen molar-refractivity contribution >= 4 is 61.0 Å². The quantitative estimate of drug-likeness (QED) is 0.459. The van der Waals surface area contributed by atoms with Crippen LogP contribution in [0.1, 0.15) is 20.3 Å². The largest absolute Gasteiger partial charge is 0.483 e. The molecule has 0 fully saturated rings. The second-order valence-electron chi connectivity index (χ2n) is 5.01. The lowest BCUT2D eigenvalue weighted by Gasteiger charge is -2.12. The number of ether oxygens (including phenoxy) is 1. The van der Waals surface area contributed by atoms with Crippen molar-refractivity contribution in [3.05, 3.63) is 27.1 Å². The van der Waals surface area contributed by atoms with Crippen LogP contribution < -0.4 is 20.9 Å². The van der Waals surface area contributed by atoms with E-state index < -0.39 is 5.91 Å². The number of rotatable bonds is 5. The Morgan fingerprint density at radius 2 is 1.91 bits per heavy atom. The Morgan fingerprint density at radius 1 is 1.22 bits per heavy atom. The summed E-state index contributed by atoms with van der Waals surface area (Å²) in [5.41, 5.74) is 4.80. The zero-order chi connectivity index (χ0) is 17.4. The predicted octanol–water partition coefficient (Wildman–Crippen LogP) is 2.66. The summed E-state index contributed by atoms with van der Waals surface area (Å²) in [6.45, 7) is 3.65. The Hall–Kier alpha value is -1.19. The molecule has 3 N–H and O–H groups in total. The number of carbonyl (C=O) groups excluding carboxylic acids is 2. The Kier molecular flexibility index (Phi) is 8.49. The maximum Gasteiger partial charge on any atom is 0.276 e. The maximum absolute atomic E-state index is 11.7. The van der Waals surface area contributed by atoms with Crippen molar-refractivity contribution in [3.8, 4) is 5.75 Å². The van der Waals surface area contributed by atoms with Crippen LogP contribution in [0.2, 0.25) is 0 Å². The Labute approximate surface area is 157 Å². The molecule has 9 heteroatoms. The van der Waals surface area contributed by atoms with Crippen molar-refractivity contribution in [1.29, 1.82) is 0 Å². The summed E-state index contributed by atoms with van der Waals surface area (Å²) in [6.07, 6.45) is 0.358. The van der Waals surface area contributed by atoms with Gasteiger partial charge in [0.25, 0.3) is 5.91 Å². The summed E-state index contributed by atoms with van der Waals surface area (Å²) in [5.74, 6) is 0.128. The Bertz CT molecular complexity index is 597. The van der Waals surface area contributed by atoms with Crippen LogP contribution >= 0.6 is 44.1 Å². The van der Waals surface area contributed by atoms with Crippen molar-refractivity contribution < 1.29 is 14.3 Å². The van der Waals surface area contributed by atoms with Gasteiger partial charge in [0.05, 0.1) is 4.47 Å². The number of hydrogen-bond donors (Lipinski definition) is 3. The molecule has 0 radical (unpaired) electrons. The molecular formula is C14H17Br2N3O3S. The minimum absolute atomic E-state index is 0.0359. The summed E-state index contributed by atoms with van der Waals surface area (Å²) in [5, 5.41) is 2.50. The van der Waals surface area contributed by atoms with E-state index in [1.807, 2.05) is 19.9 Å². The van der Waals surface area contributed by atoms with Crippen molar-refractivity contribution in [2.45, 2.75) is 20.3 Å². The third-order valence-corrected chi connectivity index (χ3v) is 3.73. The normalized spacial score (nSPS) is 10.1. The van der Waals surface area contributed by atoms with Crippen molar-refractivity contribution in [2.24, 2.45) is 5.92 Å². The molecule has 0 unspecified atom stereocenters. The number of benzene rings is 1. The number of hydrogen-bond acceptors (Lipinski definition) is 4. The Balaban J connectivity index is 2.31. The highest BCUT2D eigenvalue weighted by Gasteiger charge is 2.09. The zero-order valence-corrected chi connectivity index (χ0v) is 16.6. The third kappa shape index (κ3) is 8.29. The van der Waals surface area contributed by atoms with Crippen LogP contribution in [0.3, 0.4) is 0 Å². The molecule has 0 aliphatic heterocycles. The summed E-state index contributed by atoms with van der Waals surface area (Å²) in [4.78, 5) is 23.2. The first-order chi connectivity index (χ1) is 10.8. The van der Waals surface area contributed by atoms with E-state index >= 15 is 0 Å². The lowest BCUT2D eigenvalue weighted by atomic mass is 10.1. The molecule has 0 atom stereocenters. The fourth-order valence-electron chi connectivity index (χ4n) is 1.48. The molecule has 0 saturated heterocycles. The fraction of sp³-hybridized carbons (Fsp3) is 0.357. The van der Waals surface area contributed by atoms with Gasteiger partial charge < -0.3 is 10.1 Å². The van der Waals surface area contributed by atoms with Gasteiger partial charge in [-0.05, 0) is 52.3 Å². The average molecular weight is 467 g/mol. The lowest BCUT2D eigenvalue weighted by Crippen LogP contribution is -2.49. The van der Waals surface area contributed by atoms with Gasteiger partial charge in [-0.2, -0.15) is 0 Å². The van der Waals surface area contributed by atoms with Gasteiger partial charge in [0.2, 0.25) is 5.91 Å². The highest BCUT2D eigenvalue weighted by molar-refractivity contribution is 9.11. The fourth-order valence-corrected chi connectivity index (χ4v) is 2.80.